The van der Waals surface area contributed by atoms with Crippen LogP contribution in [0.2, 0.25) is 0 Å². The van der Waals surface area contributed by atoms with E-state index in [2.05, 4.69) is 4.98 Å². The van der Waals surface area contributed by atoms with Crippen molar-refractivity contribution in [1.82, 2.24) is 9.88 Å². The van der Waals surface area contributed by atoms with Gasteiger partial charge in [-0.3, -0.25) is 14.6 Å². The molecule has 0 radical (unpaired) electrons. The number of amides is 1. The zero-order valence-electron chi connectivity index (χ0n) is 13.3. The molecule has 0 saturated heterocycles. The Bertz CT molecular complexity index is 699. The number of carbonyl (C=O) groups is 2. The van der Waals surface area contributed by atoms with Crippen molar-refractivity contribution in [2.24, 2.45) is 0 Å². The molecule has 0 atom stereocenters. The summed E-state index contributed by atoms with van der Waals surface area (Å²) in [5.74, 6) is -1.27. The molecule has 0 unspecified atom stereocenters. The third-order valence-electron chi connectivity index (χ3n) is 3.61. The molecule has 2 aromatic rings. The normalized spacial score (nSPS) is 10.3. The highest BCUT2D eigenvalue weighted by atomic mass is 16.4. The highest BCUT2D eigenvalue weighted by molar-refractivity contribution is 5.98. The molecule has 0 fully saturated rings. The van der Waals surface area contributed by atoms with Crippen molar-refractivity contribution in [2.45, 2.75) is 20.3 Å². The Kier molecular flexibility index (Phi) is 5.46. The molecular formula is C18H20N2O3. The van der Waals surface area contributed by atoms with E-state index < -0.39 is 5.97 Å². The summed E-state index contributed by atoms with van der Waals surface area (Å²) in [6, 6.07) is 11.1. The molecule has 1 aromatic carbocycles. The van der Waals surface area contributed by atoms with E-state index in [1.807, 2.05) is 38.1 Å². The first-order valence-electron chi connectivity index (χ1n) is 7.56. The second kappa shape index (κ2) is 7.54. The minimum Gasteiger partial charge on any atom is -0.480 e. The van der Waals surface area contributed by atoms with Crippen LogP contribution < -0.4 is 0 Å². The van der Waals surface area contributed by atoms with Crippen molar-refractivity contribution in [1.29, 1.82) is 0 Å². The van der Waals surface area contributed by atoms with Gasteiger partial charge in [-0.2, -0.15) is 0 Å². The van der Waals surface area contributed by atoms with Gasteiger partial charge in [0.05, 0.1) is 5.69 Å². The second-order valence-corrected chi connectivity index (χ2v) is 5.31. The van der Waals surface area contributed by atoms with Crippen LogP contribution >= 0.6 is 0 Å². The van der Waals surface area contributed by atoms with Crippen molar-refractivity contribution in [2.75, 3.05) is 13.1 Å². The van der Waals surface area contributed by atoms with Crippen molar-refractivity contribution in [3.8, 4) is 11.3 Å². The molecule has 0 aliphatic heterocycles. The molecule has 0 saturated carbocycles. The van der Waals surface area contributed by atoms with E-state index in [9.17, 15) is 9.59 Å². The SMILES string of the molecule is CCCN(CC(=O)O)C(=O)c1cccc(-c2ccccn2)c1C. The van der Waals surface area contributed by atoms with Crippen LogP contribution in [-0.4, -0.2) is 40.0 Å². The fraction of sp³-hybridized carbons (Fsp3) is 0.278. The van der Waals surface area contributed by atoms with Crippen LogP contribution in [-0.2, 0) is 4.79 Å². The standard InChI is InChI=1S/C18H20N2O3/c1-3-11-20(12-17(21)22)18(23)15-8-6-7-14(13(15)2)16-9-4-5-10-19-16/h4-10H,3,11-12H2,1-2H3,(H,21,22). The van der Waals surface area contributed by atoms with Gasteiger partial charge in [0.25, 0.3) is 5.91 Å². The highest BCUT2D eigenvalue weighted by Crippen LogP contribution is 2.24. The number of benzene rings is 1. The Morgan fingerprint density at radius 2 is 1.96 bits per heavy atom. The van der Waals surface area contributed by atoms with E-state index in [4.69, 9.17) is 5.11 Å². The predicted octanol–water partition coefficient (Wildman–Crippen LogP) is 2.99. The maximum absolute atomic E-state index is 12.7. The van der Waals surface area contributed by atoms with Crippen LogP contribution in [0.3, 0.4) is 0 Å². The van der Waals surface area contributed by atoms with Gasteiger partial charge in [-0.25, -0.2) is 0 Å². The van der Waals surface area contributed by atoms with Gasteiger partial charge in [-0.15, -0.1) is 0 Å². The first-order chi connectivity index (χ1) is 11.0. The van der Waals surface area contributed by atoms with Crippen LogP contribution in [0.25, 0.3) is 11.3 Å². The fourth-order valence-electron chi connectivity index (χ4n) is 2.52. The molecule has 1 N–H and O–H groups in total. The van der Waals surface area contributed by atoms with E-state index in [1.165, 1.54) is 4.90 Å². The summed E-state index contributed by atoms with van der Waals surface area (Å²) < 4.78 is 0. The number of hydrogen-bond acceptors (Lipinski definition) is 3. The zero-order valence-corrected chi connectivity index (χ0v) is 13.3. The van der Waals surface area contributed by atoms with Crippen LogP contribution in [0, 0.1) is 6.92 Å². The lowest BCUT2D eigenvalue weighted by atomic mass is 9.98. The van der Waals surface area contributed by atoms with Crippen LogP contribution in [0.4, 0.5) is 0 Å². The number of nitrogens with zero attached hydrogens (tertiary/aromatic N) is 2. The molecule has 0 spiro atoms. The molecule has 2 rings (SSSR count). The molecule has 0 bridgehead atoms. The van der Waals surface area contributed by atoms with Gasteiger partial charge in [0, 0.05) is 23.9 Å². The maximum Gasteiger partial charge on any atom is 0.323 e. The van der Waals surface area contributed by atoms with Crippen LogP contribution in [0.5, 0.6) is 0 Å². The predicted molar refractivity (Wildman–Crippen MR) is 88.2 cm³/mol. The lowest BCUT2D eigenvalue weighted by Gasteiger charge is -2.21. The first-order valence-corrected chi connectivity index (χ1v) is 7.56. The van der Waals surface area contributed by atoms with Crippen LogP contribution in [0.15, 0.2) is 42.6 Å². The Balaban J connectivity index is 2.39. The summed E-state index contributed by atoms with van der Waals surface area (Å²) in [6.07, 6.45) is 2.41. The Labute approximate surface area is 135 Å². The topological polar surface area (TPSA) is 70.5 Å². The van der Waals surface area contributed by atoms with Crippen molar-refractivity contribution < 1.29 is 14.7 Å². The Morgan fingerprint density at radius 1 is 1.17 bits per heavy atom. The first kappa shape index (κ1) is 16.7. The fourth-order valence-corrected chi connectivity index (χ4v) is 2.52. The van der Waals surface area contributed by atoms with Gasteiger partial charge >= 0.3 is 5.97 Å². The van der Waals surface area contributed by atoms with E-state index in [0.29, 0.717) is 18.5 Å². The summed E-state index contributed by atoms with van der Waals surface area (Å²) in [6.45, 7) is 3.90. The molecule has 1 heterocycles. The average Bonchev–Trinajstić information content (AvgIpc) is 2.54. The molecule has 5 nitrogen and oxygen atoms in total. The number of pyridine rings is 1. The molecule has 5 heteroatoms. The molecule has 120 valence electrons. The summed E-state index contributed by atoms with van der Waals surface area (Å²) in [5, 5.41) is 9.00. The number of rotatable bonds is 6. The van der Waals surface area contributed by atoms with E-state index in [-0.39, 0.29) is 12.5 Å². The molecule has 1 aromatic heterocycles. The molecular weight excluding hydrogens is 292 g/mol. The van der Waals surface area contributed by atoms with Gasteiger partial charge in [0.1, 0.15) is 6.54 Å². The summed E-state index contributed by atoms with van der Waals surface area (Å²) in [5.41, 5.74) is 2.99. The lowest BCUT2D eigenvalue weighted by molar-refractivity contribution is -0.137. The third kappa shape index (κ3) is 3.94. The monoisotopic (exact) mass is 312 g/mol. The summed E-state index contributed by atoms with van der Waals surface area (Å²) in [4.78, 5) is 29.4. The van der Waals surface area contributed by atoms with Crippen molar-refractivity contribution in [3.63, 3.8) is 0 Å². The largest absolute Gasteiger partial charge is 0.480 e. The number of carboxylic acid groups (broad SMARTS) is 1. The molecule has 0 aliphatic rings. The minimum absolute atomic E-state index is 0.260. The van der Waals surface area contributed by atoms with Gasteiger partial charge < -0.3 is 10.0 Å². The van der Waals surface area contributed by atoms with E-state index in [1.54, 1.807) is 18.3 Å². The van der Waals surface area contributed by atoms with Gasteiger partial charge in [-0.1, -0.05) is 25.1 Å². The Morgan fingerprint density at radius 3 is 2.57 bits per heavy atom. The molecule has 1 amide bonds. The molecule has 23 heavy (non-hydrogen) atoms. The van der Waals surface area contributed by atoms with E-state index in [0.717, 1.165) is 16.8 Å². The average molecular weight is 312 g/mol. The number of carboxylic acids is 1. The van der Waals surface area contributed by atoms with Crippen molar-refractivity contribution in [3.05, 3.63) is 53.7 Å². The smallest absolute Gasteiger partial charge is 0.323 e. The number of aliphatic carboxylic acids is 1. The number of aromatic nitrogens is 1. The molecule has 0 aliphatic carbocycles. The number of hydrogen-bond donors (Lipinski definition) is 1. The minimum atomic E-state index is -1.01. The third-order valence-corrected chi connectivity index (χ3v) is 3.61. The maximum atomic E-state index is 12.7. The zero-order chi connectivity index (χ0) is 16.8. The quantitative estimate of drug-likeness (QED) is 0.890. The van der Waals surface area contributed by atoms with Gasteiger partial charge in [-0.05, 0) is 37.1 Å². The Hall–Kier alpha value is -2.69. The van der Waals surface area contributed by atoms with Gasteiger partial charge in [0.2, 0.25) is 0 Å². The van der Waals surface area contributed by atoms with Crippen molar-refractivity contribution >= 4 is 11.9 Å². The van der Waals surface area contributed by atoms with Gasteiger partial charge in [0.15, 0.2) is 0 Å². The van der Waals surface area contributed by atoms with Crippen LogP contribution in [0.1, 0.15) is 29.3 Å². The highest BCUT2D eigenvalue weighted by Gasteiger charge is 2.20. The second-order valence-electron chi connectivity index (χ2n) is 5.31. The summed E-state index contributed by atoms with van der Waals surface area (Å²) >= 11 is 0. The van der Waals surface area contributed by atoms with E-state index >= 15 is 0 Å². The summed E-state index contributed by atoms with van der Waals surface area (Å²) in [7, 11) is 0. The lowest BCUT2D eigenvalue weighted by Crippen LogP contribution is -2.36. The number of carbonyl (C=O) groups excluding carboxylic acids is 1.